The normalized spacial score (nSPS) is 12.1. The first-order valence-corrected chi connectivity index (χ1v) is 22.9. The van der Waals surface area contributed by atoms with Gasteiger partial charge in [0.05, 0.1) is 36.4 Å². The van der Waals surface area contributed by atoms with Gasteiger partial charge < -0.3 is 41.4 Å². The second kappa shape index (κ2) is 21.8. The van der Waals surface area contributed by atoms with Gasteiger partial charge in [0.15, 0.2) is 34.7 Å². The first kappa shape index (κ1) is 48.8. The molecule has 0 unspecified atom stereocenters. The largest absolute Gasteiger partial charge is 0.383 e. The lowest BCUT2D eigenvalue weighted by atomic mass is 10.2. The fourth-order valence-electron chi connectivity index (χ4n) is 6.94. The van der Waals surface area contributed by atoms with Crippen LogP contribution in [0.4, 0.5) is 29.2 Å². The van der Waals surface area contributed by atoms with E-state index in [1.807, 2.05) is 26.1 Å². The van der Waals surface area contributed by atoms with Crippen molar-refractivity contribution in [1.29, 1.82) is 0 Å². The lowest BCUT2D eigenvalue weighted by Gasteiger charge is -2.04. The lowest BCUT2D eigenvalue weighted by Crippen LogP contribution is -2.04. The number of anilines is 2. The number of nitrogens with one attached hydrogen (secondary N) is 6. The average molecular weight is 1060 g/mol. The number of H-pyrrole nitrogens is 6. The molecular formula is C42H36Cl2N26OS2. The number of aliphatic imine (C=N–C) groups is 3. The molecule has 0 atom stereocenters. The molecule has 0 amide bonds. The van der Waals surface area contributed by atoms with Crippen LogP contribution in [0.5, 0.6) is 0 Å². The van der Waals surface area contributed by atoms with E-state index in [9.17, 15) is 4.79 Å². The molecule has 0 fully saturated rings. The predicted octanol–water partition coefficient (Wildman–Crippen LogP) is 5.95. The Bertz CT molecular complexity index is 4030. The first-order valence-electron chi connectivity index (χ1n) is 21.3. The minimum atomic E-state index is -0.105. The molecule has 0 radical (unpaired) electrons. The van der Waals surface area contributed by atoms with Gasteiger partial charge in [-0.2, -0.15) is 30.1 Å². The van der Waals surface area contributed by atoms with Crippen molar-refractivity contribution in [3.8, 4) is 11.6 Å². The molecule has 14 rings (SSSR count). The zero-order chi connectivity index (χ0) is 51.0. The van der Waals surface area contributed by atoms with E-state index in [0.717, 1.165) is 64.5 Å². The number of imidazole rings is 2. The van der Waals surface area contributed by atoms with Crippen LogP contribution in [0.15, 0.2) is 88.2 Å². The van der Waals surface area contributed by atoms with E-state index in [-0.39, 0.29) is 16.1 Å². The van der Waals surface area contributed by atoms with E-state index in [4.69, 9.17) is 59.1 Å². The summed E-state index contributed by atoms with van der Waals surface area (Å²) in [5, 5.41) is 9.36. The summed E-state index contributed by atoms with van der Waals surface area (Å²) in [7, 11) is 0. The molecule has 0 spiro atoms. The summed E-state index contributed by atoms with van der Waals surface area (Å²) in [5.41, 5.74) is 18.8. The molecule has 0 aliphatic carbocycles. The SMILES string of the molecule is Cc1cc(C)n(-c2nc(Cl)nc3nc[nH]c23)n1.Clc1nc(-n2cccn2)c2[nH]cnc2n1.Nc1nc(=S)c2c([nH]1)N=CC2.Nc1ncnc2c1CC=N2.O=c1[nH]cnc2[nH]ccc12.S=c1nc[nH]c2c1CC=N2. The highest BCUT2D eigenvalue weighted by Crippen LogP contribution is 2.25. The van der Waals surface area contributed by atoms with Crippen LogP contribution in [0, 0.1) is 23.1 Å². The molecule has 0 saturated carbocycles. The Balaban J connectivity index is 0.000000109. The Morgan fingerprint density at radius 3 is 2.01 bits per heavy atom. The Morgan fingerprint density at radius 1 is 0.685 bits per heavy atom. The van der Waals surface area contributed by atoms with Crippen LogP contribution in [0.25, 0.3) is 45.0 Å². The van der Waals surface area contributed by atoms with Crippen molar-refractivity contribution in [2.24, 2.45) is 15.0 Å². The molecule has 0 bridgehead atoms. The van der Waals surface area contributed by atoms with Gasteiger partial charge in [0, 0.05) is 78.9 Å². The number of hydrogen-bond donors (Lipinski definition) is 8. The third-order valence-electron chi connectivity index (χ3n) is 10.2. The number of aromatic nitrogens is 21. The molecular weight excluding hydrogens is 1020 g/mol. The molecule has 3 aliphatic rings. The van der Waals surface area contributed by atoms with E-state index in [2.05, 4.69) is 110 Å². The van der Waals surface area contributed by atoms with Gasteiger partial charge in [-0.25, -0.2) is 59.2 Å². The number of nitrogen functional groups attached to an aromatic ring is 2. The number of nitrogens with two attached hydrogens (primary N) is 2. The van der Waals surface area contributed by atoms with Gasteiger partial charge in [-0.3, -0.25) is 4.79 Å². The zero-order valence-electron chi connectivity index (χ0n) is 37.9. The number of nitrogens with zero attached hydrogens (tertiary/aromatic N) is 18. The van der Waals surface area contributed by atoms with Crippen molar-refractivity contribution >= 4 is 129 Å². The van der Waals surface area contributed by atoms with E-state index >= 15 is 0 Å². The number of aromatic amines is 6. The van der Waals surface area contributed by atoms with Gasteiger partial charge in [0.2, 0.25) is 10.6 Å². The molecule has 0 aromatic carbocycles. The molecule has 10 N–H and O–H groups in total. The minimum Gasteiger partial charge on any atom is -0.383 e. The highest BCUT2D eigenvalue weighted by atomic mass is 35.5. The van der Waals surface area contributed by atoms with Crippen LogP contribution in [0.3, 0.4) is 0 Å². The second-order valence-electron chi connectivity index (χ2n) is 15.0. The van der Waals surface area contributed by atoms with Crippen LogP contribution in [0.2, 0.25) is 10.6 Å². The maximum absolute atomic E-state index is 10.9. The second-order valence-corrected chi connectivity index (χ2v) is 16.4. The highest BCUT2D eigenvalue weighted by molar-refractivity contribution is 7.71. The van der Waals surface area contributed by atoms with Crippen molar-refractivity contribution in [2.45, 2.75) is 33.1 Å². The van der Waals surface area contributed by atoms with Gasteiger partial charge in [0.1, 0.15) is 49.7 Å². The summed E-state index contributed by atoms with van der Waals surface area (Å²) in [6.07, 6.45) is 20.4. The monoisotopic (exact) mass is 1050 g/mol. The van der Waals surface area contributed by atoms with Gasteiger partial charge in [0.25, 0.3) is 5.56 Å². The summed E-state index contributed by atoms with van der Waals surface area (Å²) in [4.78, 5) is 83.9. The van der Waals surface area contributed by atoms with Crippen molar-refractivity contribution in [2.75, 3.05) is 11.5 Å². The summed E-state index contributed by atoms with van der Waals surface area (Å²) >= 11 is 21.6. The maximum Gasteiger partial charge on any atom is 0.260 e. The fourth-order valence-corrected chi connectivity index (χ4v) is 7.77. The van der Waals surface area contributed by atoms with Crippen LogP contribution in [-0.2, 0) is 19.3 Å². The van der Waals surface area contributed by atoms with Crippen LogP contribution in [-0.4, -0.2) is 123 Å². The highest BCUT2D eigenvalue weighted by Gasteiger charge is 2.15. The smallest absolute Gasteiger partial charge is 0.260 e. The van der Waals surface area contributed by atoms with E-state index in [0.29, 0.717) is 66.3 Å². The molecule has 366 valence electrons. The summed E-state index contributed by atoms with van der Waals surface area (Å²) in [6.45, 7) is 3.88. The minimum absolute atomic E-state index is 0.105. The molecule has 0 saturated heterocycles. The average Bonchev–Trinajstić information content (AvgIpc) is 4.22. The zero-order valence-corrected chi connectivity index (χ0v) is 41.0. The van der Waals surface area contributed by atoms with E-state index in [1.54, 1.807) is 71.5 Å². The molecule has 73 heavy (non-hydrogen) atoms. The van der Waals surface area contributed by atoms with Crippen LogP contribution >= 0.6 is 47.6 Å². The third kappa shape index (κ3) is 11.2. The number of aryl methyl sites for hydroxylation is 2. The van der Waals surface area contributed by atoms with Crippen molar-refractivity contribution in [1.82, 2.24) is 104 Å². The Morgan fingerprint density at radius 2 is 1.34 bits per heavy atom. The van der Waals surface area contributed by atoms with Crippen LogP contribution in [0.1, 0.15) is 28.1 Å². The van der Waals surface area contributed by atoms with Crippen LogP contribution < -0.4 is 17.0 Å². The Hall–Kier alpha value is -9.19. The summed E-state index contributed by atoms with van der Waals surface area (Å²) < 4.78 is 4.54. The van der Waals surface area contributed by atoms with Gasteiger partial charge >= 0.3 is 0 Å². The Labute approximate surface area is 429 Å². The standard InChI is InChI=1S/C10H9ClN6.C8H5ClN6.C6H6N4S.C6H6N4.C6H5N3O.C6H5N3S/c1-5-3-6(2)17(16-5)9-7-8(13-4-12-7)14-10(11)15-9;9-8-13-6-5(10-4-11-6)7(14-8)15-3-1-2-12-15;7-6-9-4-3(1-2-8-4)5(11)10-6;7-5-4-1-2-8-6(4)10-3-9-5;2*10-6-4-1-2-7-5(4)8-3-9-6/h3-4H,1-2H3,(H,12,13,14,15);1-4H,(H,10,11,13,14);2H,1H2,(H3,7,9,10,11);2-3H,1H2,(H2,7,9,10);1-3H,(H2,7,8,9,10);2-3H,1H2,(H,8,9,10). The summed E-state index contributed by atoms with van der Waals surface area (Å²) in [5.74, 6) is 4.40. The molecule has 14 heterocycles. The molecule has 27 nitrogen and oxygen atoms in total. The molecule has 11 aromatic rings. The maximum atomic E-state index is 10.9. The number of fused-ring (bicyclic) bond motifs is 6. The van der Waals surface area contributed by atoms with Gasteiger partial charge in [-0.15, -0.1) is 0 Å². The number of halogens is 2. The number of rotatable bonds is 2. The van der Waals surface area contributed by atoms with Crippen molar-refractivity contribution < 1.29 is 0 Å². The number of hydrogen-bond acceptors (Lipinski definition) is 21. The molecule has 11 aromatic heterocycles. The van der Waals surface area contributed by atoms with E-state index in [1.165, 1.54) is 12.7 Å². The molecule has 31 heteroatoms. The summed E-state index contributed by atoms with van der Waals surface area (Å²) in [6, 6.07) is 5.47. The van der Waals surface area contributed by atoms with Gasteiger partial charge in [-0.05, 0) is 55.2 Å². The third-order valence-corrected chi connectivity index (χ3v) is 11.2. The fraction of sp³-hybridized carbons (Fsp3) is 0.119. The predicted molar refractivity (Wildman–Crippen MR) is 279 cm³/mol. The topological polar surface area (TPSA) is 378 Å². The molecule has 3 aliphatic heterocycles. The van der Waals surface area contributed by atoms with Gasteiger partial charge in [-0.1, -0.05) is 24.4 Å². The van der Waals surface area contributed by atoms with Crippen molar-refractivity contribution in [3.63, 3.8) is 0 Å². The first-order chi connectivity index (χ1) is 35.4. The Kier molecular flexibility index (Phi) is 14.6. The van der Waals surface area contributed by atoms with E-state index < -0.39 is 0 Å². The quantitative estimate of drug-likeness (QED) is 0.0732. The van der Waals surface area contributed by atoms with Crippen molar-refractivity contribution in [3.05, 3.63) is 127 Å². The lowest BCUT2D eigenvalue weighted by molar-refractivity contribution is 0.808.